The fourth-order valence-corrected chi connectivity index (χ4v) is 2.88. The fraction of sp³-hybridized carbons (Fsp3) is 1.00. The molecule has 0 aromatic carbocycles. The average Bonchev–Trinajstić information content (AvgIpc) is 3.04. The molecule has 0 bridgehead atoms. The normalized spacial score (nSPS) is 28.7. The van der Waals surface area contributed by atoms with Crippen LogP contribution in [0.5, 0.6) is 0 Å². The summed E-state index contributed by atoms with van der Waals surface area (Å²) in [5, 5.41) is 0. The number of hydrogen-bond donors (Lipinski definition) is 1. The molecule has 0 aromatic rings. The molecule has 2 saturated carbocycles. The van der Waals surface area contributed by atoms with Crippen molar-refractivity contribution in [3.8, 4) is 0 Å². The zero-order valence-corrected chi connectivity index (χ0v) is 9.24. The van der Waals surface area contributed by atoms with E-state index in [2.05, 4.69) is 0 Å². The quantitative estimate of drug-likeness (QED) is 0.750. The van der Waals surface area contributed by atoms with E-state index in [9.17, 15) is 0 Å². The summed E-state index contributed by atoms with van der Waals surface area (Å²) in [5.74, 6) is 1.51. The molecule has 2 aliphatic rings. The molecule has 2 N–H and O–H groups in total. The lowest BCUT2D eigenvalue weighted by molar-refractivity contribution is 0.0382. The van der Waals surface area contributed by atoms with Crippen LogP contribution in [0.2, 0.25) is 0 Å². The molecule has 0 heterocycles. The summed E-state index contributed by atoms with van der Waals surface area (Å²) in [6.45, 7) is 0. The number of hydrogen-bond acceptors (Lipinski definition) is 2. The Balaban J connectivity index is 1.86. The lowest BCUT2D eigenvalue weighted by atomic mass is 9.81. The minimum Gasteiger partial charge on any atom is -0.380 e. The van der Waals surface area contributed by atoms with Crippen molar-refractivity contribution in [2.45, 2.75) is 57.1 Å². The fourth-order valence-electron chi connectivity index (χ4n) is 2.88. The first kappa shape index (κ1) is 10.4. The van der Waals surface area contributed by atoms with Gasteiger partial charge in [0.15, 0.2) is 0 Å². The van der Waals surface area contributed by atoms with Crippen LogP contribution in [0.1, 0.15) is 44.9 Å². The van der Waals surface area contributed by atoms with Crippen molar-refractivity contribution >= 4 is 0 Å². The summed E-state index contributed by atoms with van der Waals surface area (Å²) < 4.78 is 5.56. The van der Waals surface area contributed by atoms with Crippen LogP contribution >= 0.6 is 0 Å². The monoisotopic (exact) mass is 197 g/mol. The molecule has 2 nitrogen and oxygen atoms in total. The molecule has 0 spiro atoms. The molecule has 2 fully saturated rings. The summed E-state index contributed by atoms with van der Waals surface area (Å²) in [5.41, 5.74) is 6.32. The summed E-state index contributed by atoms with van der Waals surface area (Å²) in [6, 6.07) is 0.299. The second-order valence-electron chi connectivity index (χ2n) is 5.01. The lowest BCUT2D eigenvalue weighted by Crippen LogP contribution is -2.44. The van der Waals surface area contributed by atoms with Gasteiger partial charge in [-0.3, -0.25) is 0 Å². The molecule has 2 aliphatic carbocycles. The molecule has 14 heavy (non-hydrogen) atoms. The summed E-state index contributed by atoms with van der Waals surface area (Å²) in [6.07, 6.45) is 9.82. The Morgan fingerprint density at radius 2 is 1.64 bits per heavy atom. The largest absolute Gasteiger partial charge is 0.380 e. The van der Waals surface area contributed by atoms with Gasteiger partial charge in [0.2, 0.25) is 0 Å². The highest BCUT2D eigenvalue weighted by atomic mass is 16.5. The Morgan fingerprint density at radius 1 is 1.00 bits per heavy atom. The van der Waals surface area contributed by atoms with Gasteiger partial charge in [0, 0.05) is 13.2 Å². The number of nitrogens with two attached hydrogens (primary N) is 1. The molecule has 0 radical (unpaired) electrons. The second kappa shape index (κ2) is 4.63. The number of methoxy groups -OCH3 is 1. The Morgan fingerprint density at radius 3 is 2.14 bits per heavy atom. The molecule has 2 atom stereocenters. The van der Waals surface area contributed by atoms with Gasteiger partial charge in [0.25, 0.3) is 0 Å². The van der Waals surface area contributed by atoms with Crippen LogP contribution in [-0.4, -0.2) is 19.3 Å². The summed E-state index contributed by atoms with van der Waals surface area (Å²) in [7, 11) is 1.83. The van der Waals surface area contributed by atoms with Crippen LogP contribution < -0.4 is 5.73 Å². The van der Waals surface area contributed by atoms with E-state index in [0.29, 0.717) is 12.1 Å². The predicted molar refractivity (Wildman–Crippen MR) is 58.1 cm³/mol. The third-order valence-corrected chi connectivity index (χ3v) is 3.93. The average molecular weight is 197 g/mol. The third-order valence-electron chi connectivity index (χ3n) is 3.93. The van der Waals surface area contributed by atoms with E-state index in [4.69, 9.17) is 10.5 Å². The molecule has 0 aliphatic heterocycles. The van der Waals surface area contributed by atoms with Gasteiger partial charge < -0.3 is 10.5 Å². The number of ether oxygens (including phenoxy) is 1. The highest BCUT2D eigenvalue weighted by Crippen LogP contribution is 2.38. The maximum atomic E-state index is 6.32. The van der Waals surface area contributed by atoms with Crippen molar-refractivity contribution in [2.24, 2.45) is 17.6 Å². The molecule has 0 saturated heterocycles. The van der Waals surface area contributed by atoms with Crippen molar-refractivity contribution in [3.63, 3.8) is 0 Å². The topological polar surface area (TPSA) is 35.2 Å². The molecule has 2 rings (SSSR count). The van der Waals surface area contributed by atoms with Crippen molar-refractivity contribution in [1.82, 2.24) is 0 Å². The van der Waals surface area contributed by atoms with Crippen molar-refractivity contribution < 1.29 is 4.74 Å². The second-order valence-corrected chi connectivity index (χ2v) is 5.01. The zero-order chi connectivity index (χ0) is 9.97. The van der Waals surface area contributed by atoms with Gasteiger partial charge in [-0.1, -0.05) is 19.3 Å². The molecular formula is C12H23NO. The van der Waals surface area contributed by atoms with Gasteiger partial charge in [-0.15, -0.1) is 0 Å². The Hall–Kier alpha value is -0.0800. The van der Waals surface area contributed by atoms with Crippen molar-refractivity contribution in [1.29, 1.82) is 0 Å². The van der Waals surface area contributed by atoms with Gasteiger partial charge >= 0.3 is 0 Å². The van der Waals surface area contributed by atoms with Gasteiger partial charge in [0.05, 0.1) is 6.10 Å². The standard InChI is InChI=1S/C12H23NO/c1-14-12(10-7-8-10)11(13)9-5-3-2-4-6-9/h9-12H,2-8,13H2,1H3. The highest BCUT2D eigenvalue weighted by molar-refractivity contribution is 4.92. The molecule has 0 amide bonds. The van der Waals surface area contributed by atoms with Gasteiger partial charge in [-0.25, -0.2) is 0 Å². The van der Waals surface area contributed by atoms with E-state index in [1.54, 1.807) is 0 Å². The smallest absolute Gasteiger partial charge is 0.0752 e. The lowest BCUT2D eigenvalue weighted by Gasteiger charge is -2.32. The van der Waals surface area contributed by atoms with Gasteiger partial charge in [0.1, 0.15) is 0 Å². The molecule has 82 valence electrons. The van der Waals surface area contributed by atoms with E-state index in [-0.39, 0.29) is 0 Å². The van der Waals surface area contributed by atoms with E-state index < -0.39 is 0 Å². The molecule has 0 aromatic heterocycles. The zero-order valence-electron chi connectivity index (χ0n) is 9.24. The first-order valence-electron chi connectivity index (χ1n) is 6.11. The predicted octanol–water partition coefficient (Wildman–Crippen LogP) is 2.32. The van der Waals surface area contributed by atoms with E-state index in [0.717, 1.165) is 11.8 Å². The van der Waals surface area contributed by atoms with Crippen LogP contribution in [0.4, 0.5) is 0 Å². The van der Waals surface area contributed by atoms with Crippen LogP contribution in [0, 0.1) is 11.8 Å². The van der Waals surface area contributed by atoms with E-state index in [1.165, 1.54) is 44.9 Å². The SMILES string of the molecule is COC(C1CC1)C(N)C1CCCCC1. The van der Waals surface area contributed by atoms with Crippen LogP contribution in [0.25, 0.3) is 0 Å². The van der Waals surface area contributed by atoms with E-state index >= 15 is 0 Å². The summed E-state index contributed by atoms with van der Waals surface area (Å²) in [4.78, 5) is 0. The van der Waals surface area contributed by atoms with Crippen LogP contribution in [-0.2, 0) is 4.74 Å². The number of rotatable bonds is 4. The van der Waals surface area contributed by atoms with Crippen molar-refractivity contribution in [3.05, 3.63) is 0 Å². The third kappa shape index (κ3) is 2.29. The van der Waals surface area contributed by atoms with Crippen molar-refractivity contribution in [2.75, 3.05) is 7.11 Å². The Kier molecular flexibility index (Phi) is 3.45. The maximum Gasteiger partial charge on any atom is 0.0752 e. The first-order valence-corrected chi connectivity index (χ1v) is 6.11. The Labute approximate surface area is 87.2 Å². The molecule has 2 unspecified atom stereocenters. The maximum absolute atomic E-state index is 6.32. The van der Waals surface area contributed by atoms with Crippen LogP contribution in [0.15, 0.2) is 0 Å². The van der Waals surface area contributed by atoms with E-state index in [1.807, 2.05) is 7.11 Å². The van der Waals surface area contributed by atoms with Gasteiger partial charge in [-0.05, 0) is 37.5 Å². The minimum atomic E-state index is 0.299. The first-order chi connectivity index (χ1) is 6.83. The minimum absolute atomic E-state index is 0.299. The van der Waals surface area contributed by atoms with Crippen LogP contribution in [0.3, 0.4) is 0 Å². The van der Waals surface area contributed by atoms with Gasteiger partial charge in [-0.2, -0.15) is 0 Å². The Bertz CT molecular complexity index is 173. The molecular weight excluding hydrogens is 174 g/mol. The highest BCUT2D eigenvalue weighted by Gasteiger charge is 2.38. The summed E-state index contributed by atoms with van der Waals surface area (Å²) >= 11 is 0. The molecule has 2 heteroatoms.